The number of hydrogen-bond donors (Lipinski definition) is 2. The molecule has 0 atom stereocenters. The Balaban J connectivity index is 1.75. The molecule has 1 amide bonds. The Kier molecular flexibility index (Phi) is 7.38. The molecule has 0 spiro atoms. The van der Waals surface area contributed by atoms with Crippen molar-refractivity contribution in [1.82, 2.24) is 5.32 Å². The number of nitro groups is 1. The molecule has 0 bridgehead atoms. The summed E-state index contributed by atoms with van der Waals surface area (Å²) in [7, 11) is 1.44. The third kappa shape index (κ3) is 6.17. The molecule has 168 valence electrons. The summed E-state index contributed by atoms with van der Waals surface area (Å²) in [5.74, 6) is -1.08. The highest BCUT2D eigenvalue weighted by atomic mass is 16.6. The van der Waals surface area contributed by atoms with Crippen LogP contribution in [0.25, 0.3) is 6.08 Å². The van der Waals surface area contributed by atoms with Gasteiger partial charge in [-0.05, 0) is 53.6 Å². The van der Waals surface area contributed by atoms with Crippen molar-refractivity contribution in [3.63, 3.8) is 0 Å². The molecule has 9 heteroatoms. The number of nitrogens with one attached hydrogen (secondary N) is 1. The van der Waals surface area contributed by atoms with Gasteiger partial charge in [0.25, 0.3) is 11.6 Å². The van der Waals surface area contributed by atoms with Crippen molar-refractivity contribution in [3.05, 3.63) is 105 Å². The number of carboxylic acids is 1. The van der Waals surface area contributed by atoms with E-state index >= 15 is 0 Å². The van der Waals surface area contributed by atoms with E-state index in [0.717, 1.165) is 5.56 Å². The van der Waals surface area contributed by atoms with Gasteiger partial charge in [-0.2, -0.15) is 0 Å². The second-order valence-electron chi connectivity index (χ2n) is 6.81. The lowest BCUT2D eigenvalue weighted by Crippen LogP contribution is -2.27. The van der Waals surface area contributed by atoms with Crippen LogP contribution in [0.3, 0.4) is 0 Å². The Morgan fingerprint density at radius 1 is 1.03 bits per heavy atom. The van der Waals surface area contributed by atoms with Gasteiger partial charge in [0.05, 0.1) is 12.0 Å². The van der Waals surface area contributed by atoms with Crippen LogP contribution >= 0.6 is 0 Å². The molecule has 0 heterocycles. The Labute approximate surface area is 189 Å². The number of rotatable bonds is 9. The van der Waals surface area contributed by atoms with E-state index in [2.05, 4.69) is 5.32 Å². The van der Waals surface area contributed by atoms with Crippen molar-refractivity contribution >= 4 is 23.6 Å². The maximum Gasteiger partial charge on any atom is 0.352 e. The summed E-state index contributed by atoms with van der Waals surface area (Å²) in [6.45, 7) is 0.150. The van der Waals surface area contributed by atoms with Crippen LogP contribution in [0.15, 0.2) is 78.5 Å². The first kappa shape index (κ1) is 23.0. The standard InChI is InChI=1S/C24H20N2O7/c1-32-22-14-17(13-20(24(28)29)25-23(27)18-5-3-2-4-6-18)9-12-21(22)33-15-16-7-10-19(11-8-16)26(30)31/h2-14H,15H2,1H3,(H,25,27)(H,28,29). The number of carboxylic acid groups (broad SMARTS) is 1. The highest BCUT2D eigenvalue weighted by Gasteiger charge is 2.14. The van der Waals surface area contributed by atoms with Crippen molar-refractivity contribution in [2.45, 2.75) is 6.61 Å². The number of non-ortho nitro benzene ring substituents is 1. The number of carbonyl (C=O) groups is 2. The molecule has 0 aliphatic heterocycles. The van der Waals surface area contributed by atoms with Crippen LogP contribution in [0.2, 0.25) is 0 Å². The van der Waals surface area contributed by atoms with E-state index in [4.69, 9.17) is 9.47 Å². The second-order valence-corrected chi connectivity index (χ2v) is 6.81. The van der Waals surface area contributed by atoms with Gasteiger partial charge in [0.15, 0.2) is 11.5 Å². The molecule has 0 fully saturated rings. The Bertz CT molecular complexity index is 1190. The first-order chi connectivity index (χ1) is 15.9. The summed E-state index contributed by atoms with van der Waals surface area (Å²) >= 11 is 0. The van der Waals surface area contributed by atoms with E-state index in [0.29, 0.717) is 22.6 Å². The third-order valence-corrected chi connectivity index (χ3v) is 4.55. The van der Waals surface area contributed by atoms with Gasteiger partial charge in [0.1, 0.15) is 12.3 Å². The zero-order chi connectivity index (χ0) is 23.8. The molecule has 2 N–H and O–H groups in total. The van der Waals surface area contributed by atoms with Crippen molar-refractivity contribution in [1.29, 1.82) is 0 Å². The molecule has 0 saturated heterocycles. The lowest BCUT2D eigenvalue weighted by Gasteiger charge is -2.12. The number of ether oxygens (including phenoxy) is 2. The minimum absolute atomic E-state index is 0.0129. The van der Waals surface area contributed by atoms with E-state index < -0.39 is 16.8 Å². The van der Waals surface area contributed by atoms with Gasteiger partial charge in [0, 0.05) is 17.7 Å². The van der Waals surface area contributed by atoms with Crippen LogP contribution in [0.5, 0.6) is 11.5 Å². The molecule has 0 saturated carbocycles. The minimum atomic E-state index is -1.29. The number of nitrogens with zero attached hydrogens (tertiary/aromatic N) is 1. The van der Waals surface area contributed by atoms with Crippen LogP contribution in [-0.4, -0.2) is 29.0 Å². The van der Waals surface area contributed by atoms with Gasteiger partial charge < -0.3 is 19.9 Å². The highest BCUT2D eigenvalue weighted by molar-refractivity contribution is 6.02. The molecule has 0 aliphatic rings. The van der Waals surface area contributed by atoms with Gasteiger partial charge in [-0.15, -0.1) is 0 Å². The van der Waals surface area contributed by atoms with Crippen LogP contribution in [0, 0.1) is 10.1 Å². The molecule has 3 aromatic carbocycles. The smallest absolute Gasteiger partial charge is 0.352 e. The highest BCUT2D eigenvalue weighted by Crippen LogP contribution is 2.30. The van der Waals surface area contributed by atoms with Crippen molar-refractivity contribution in [3.8, 4) is 11.5 Å². The van der Waals surface area contributed by atoms with Crippen LogP contribution in [0.1, 0.15) is 21.5 Å². The zero-order valence-corrected chi connectivity index (χ0v) is 17.6. The number of benzene rings is 3. The van der Waals surface area contributed by atoms with Crippen LogP contribution < -0.4 is 14.8 Å². The Hall–Kier alpha value is -4.66. The summed E-state index contributed by atoms with van der Waals surface area (Å²) in [6, 6.07) is 19.0. The van der Waals surface area contributed by atoms with E-state index in [1.807, 2.05) is 0 Å². The van der Waals surface area contributed by atoms with Gasteiger partial charge in [-0.25, -0.2) is 4.79 Å². The summed E-state index contributed by atoms with van der Waals surface area (Å²) in [5, 5.41) is 22.6. The fourth-order valence-electron chi connectivity index (χ4n) is 2.87. The molecule has 33 heavy (non-hydrogen) atoms. The predicted octanol–water partition coefficient (Wildman–Crippen LogP) is 4.04. The lowest BCUT2D eigenvalue weighted by molar-refractivity contribution is -0.384. The minimum Gasteiger partial charge on any atom is -0.493 e. The van der Waals surface area contributed by atoms with Crippen molar-refractivity contribution in [2.24, 2.45) is 0 Å². The van der Waals surface area contributed by atoms with E-state index in [9.17, 15) is 24.8 Å². The monoisotopic (exact) mass is 448 g/mol. The average molecular weight is 448 g/mol. The molecule has 3 rings (SSSR count). The fraction of sp³-hybridized carbons (Fsp3) is 0.0833. The number of nitro benzene ring substituents is 1. The average Bonchev–Trinajstić information content (AvgIpc) is 2.83. The number of carbonyl (C=O) groups excluding carboxylic acids is 1. The number of hydrogen-bond acceptors (Lipinski definition) is 6. The molecular formula is C24H20N2O7. The second kappa shape index (κ2) is 10.6. The molecule has 0 radical (unpaired) electrons. The van der Waals surface area contributed by atoms with E-state index in [1.165, 1.54) is 25.3 Å². The third-order valence-electron chi connectivity index (χ3n) is 4.55. The normalized spacial score (nSPS) is 10.9. The molecule has 0 aromatic heterocycles. The molecule has 0 aliphatic carbocycles. The topological polar surface area (TPSA) is 128 Å². The summed E-state index contributed by atoms with van der Waals surface area (Å²) < 4.78 is 11.1. The molecular weight excluding hydrogens is 428 g/mol. The maximum absolute atomic E-state index is 12.3. The number of aliphatic carboxylic acids is 1. The summed E-state index contributed by atoms with van der Waals surface area (Å²) in [6.07, 6.45) is 1.31. The summed E-state index contributed by atoms with van der Waals surface area (Å²) in [5.41, 5.74) is 1.22. The van der Waals surface area contributed by atoms with E-state index in [-0.39, 0.29) is 18.0 Å². The molecule has 3 aromatic rings. The van der Waals surface area contributed by atoms with E-state index in [1.54, 1.807) is 60.7 Å². The number of amides is 1. The summed E-state index contributed by atoms with van der Waals surface area (Å²) in [4.78, 5) is 34.2. The zero-order valence-electron chi connectivity index (χ0n) is 17.6. The first-order valence-electron chi connectivity index (χ1n) is 9.73. The molecule has 0 unspecified atom stereocenters. The Morgan fingerprint density at radius 2 is 1.73 bits per heavy atom. The van der Waals surface area contributed by atoms with Crippen LogP contribution in [0.4, 0.5) is 5.69 Å². The fourth-order valence-corrected chi connectivity index (χ4v) is 2.87. The lowest BCUT2D eigenvalue weighted by atomic mass is 10.1. The SMILES string of the molecule is COc1cc(C=C(NC(=O)c2ccccc2)C(=O)O)ccc1OCc1ccc([N+](=O)[O-])cc1. The Morgan fingerprint density at radius 3 is 2.33 bits per heavy atom. The van der Waals surface area contributed by atoms with Gasteiger partial charge in [-0.3, -0.25) is 14.9 Å². The van der Waals surface area contributed by atoms with Crippen molar-refractivity contribution in [2.75, 3.05) is 7.11 Å². The predicted molar refractivity (Wildman–Crippen MR) is 120 cm³/mol. The number of methoxy groups -OCH3 is 1. The van der Waals surface area contributed by atoms with Gasteiger partial charge >= 0.3 is 5.97 Å². The quantitative estimate of drug-likeness (QED) is 0.287. The maximum atomic E-state index is 12.3. The van der Waals surface area contributed by atoms with Crippen molar-refractivity contribution < 1.29 is 29.1 Å². The first-order valence-corrected chi connectivity index (χ1v) is 9.73. The van der Waals surface area contributed by atoms with Crippen LogP contribution in [-0.2, 0) is 11.4 Å². The van der Waals surface area contributed by atoms with Gasteiger partial charge in [0.2, 0.25) is 0 Å². The molecule has 9 nitrogen and oxygen atoms in total. The largest absolute Gasteiger partial charge is 0.493 e. The van der Waals surface area contributed by atoms with Gasteiger partial charge in [-0.1, -0.05) is 24.3 Å².